The van der Waals surface area contributed by atoms with E-state index in [-0.39, 0.29) is 5.41 Å². The fourth-order valence-electron chi connectivity index (χ4n) is 6.61. The van der Waals surface area contributed by atoms with E-state index in [0.29, 0.717) is 0 Å². The summed E-state index contributed by atoms with van der Waals surface area (Å²) in [6.45, 7) is 4.58. The fraction of sp³-hybridized carbons (Fsp3) is 0.289. The van der Waals surface area contributed by atoms with Gasteiger partial charge in [-0.1, -0.05) is 113 Å². The fourth-order valence-corrected chi connectivity index (χ4v) is 6.61. The average molecular weight is 583 g/mol. The van der Waals surface area contributed by atoms with Crippen molar-refractivity contribution in [3.8, 4) is 59.5 Å². The molecule has 222 valence electrons. The lowest BCUT2D eigenvalue weighted by Crippen LogP contribution is -2.26. The first-order valence-corrected chi connectivity index (χ1v) is 16.6. The second-order valence-electron chi connectivity index (χ2n) is 12.2. The summed E-state index contributed by atoms with van der Waals surface area (Å²) in [6, 6.07) is 29.6. The third kappa shape index (κ3) is 7.44. The second kappa shape index (κ2) is 15.2. The Morgan fingerprint density at radius 3 is 1.18 bits per heavy atom. The predicted molar refractivity (Wildman–Crippen MR) is 191 cm³/mol. The smallest absolute Gasteiger partial charge is 0.0252 e. The lowest BCUT2D eigenvalue weighted by Gasteiger charge is -2.33. The summed E-state index contributed by atoms with van der Waals surface area (Å²) in [7, 11) is 0. The molecule has 0 amide bonds. The Bertz CT molecular complexity index is 1690. The molecule has 5 rings (SSSR count). The highest BCUT2D eigenvalue weighted by atomic mass is 14.4. The van der Waals surface area contributed by atoms with E-state index in [0.717, 1.165) is 46.2 Å². The predicted octanol–water partition coefficient (Wildman–Crippen LogP) is 10.7. The molecule has 0 fully saturated rings. The monoisotopic (exact) mass is 582 g/mol. The molecule has 1 aliphatic rings. The van der Waals surface area contributed by atoms with Crippen LogP contribution in [-0.4, -0.2) is 0 Å². The third-order valence-electron chi connectivity index (χ3n) is 9.08. The molecular weight excluding hydrogens is 540 g/mol. The number of hydrogen-bond donors (Lipinski definition) is 0. The van der Waals surface area contributed by atoms with Gasteiger partial charge in [-0.15, -0.1) is 12.8 Å². The molecule has 0 saturated heterocycles. The van der Waals surface area contributed by atoms with Gasteiger partial charge in [0.2, 0.25) is 0 Å². The van der Waals surface area contributed by atoms with Crippen LogP contribution in [0.1, 0.15) is 123 Å². The van der Waals surface area contributed by atoms with Gasteiger partial charge in [-0.05, 0) is 108 Å². The van der Waals surface area contributed by atoms with Crippen LogP contribution in [-0.2, 0) is 5.41 Å². The molecule has 1 aliphatic carbocycles. The average Bonchev–Trinajstić information content (AvgIpc) is 3.35. The molecule has 0 aliphatic heterocycles. The normalized spacial score (nSPS) is 12.0. The van der Waals surface area contributed by atoms with E-state index in [1.54, 1.807) is 0 Å². The van der Waals surface area contributed by atoms with E-state index in [1.165, 1.54) is 73.6 Å². The summed E-state index contributed by atoms with van der Waals surface area (Å²) in [4.78, 5) is 0. The Morgan fingerprint density at radius 2 is 0.800 bits per heavy atom. The van der Waals surface area contributed by atoms with Crippen LogP contribution in [0.15, 0.2) is 84.9 Å². The summed E-state index contributed by atoms with van der Waals surface area (Å²) in [5, 5.41) is 0. The van der Waals surface area contributed by atoms with Crippen molar-refractivity contribution in [3.05, 3.63) is 129 Å². The zero-order chi connectivity index (χ0) is 31.5. The maximum absolute atomic E-state index is 5.54. The molecule has 0 heteroatoms. The Balaban J connectivity index is 1.57. The van der Waals surface area contributed by atoms with E-state index in [1.807, 2.05) is 48.5 Å². The number of terminal acetylenes is 2. The maximum Gasteiger partial charge on any atom is 0.0252 e. The Labute approximate surface area is 271 Å². The molecule has 0 heterocycles. The van der Waals surface area contributed by atoms with Crippen molar-refractivity contribution in [2.45, 2.75) is 83.5 Å². The summed E-state index contributed by atoms with van der Waals surface area (Å²) < 4.78 is 0. The molecule has 0 nitrogen and oxygen atoms in total. The standard InChI is InChI=1S/C45H42/c1-5-9-11-13-31-45(32-14-12-10-6-2)43-33-39(25-23-37-19-15-35(7-3)16-20-37)27-29-41(43)42-30-28-40(34-44(42)45)26-24-38-21-17-36(8-4)18-22-38/h3-4,15-22,27-30,33-34H,5-6,9-14,31-32H2,1-2H3. The minimum Gasteiger partial charge on any atom is -0.115 e. The molecule has 0 atom stereocenters. The van der Waals surface area contributed by atoms with Crippen LogP contribution in [0.25, 0.3) is 11.1 Å². The molecule has 0 spiro atoms. The highest BCUT2D eigenvalue weighted by Gasteiger charge is 2.42. The Hall–Kier alpha value is -4.88. The van der Waals surface area contributed by atoms with Gasteiger partial charge in [0, 0.05) is 38.8 Å². The highest BCUT2D eigenvalue weighted by molar-refractivity contribution is 5.82. The molecule has 0 saturated carbocycles. The van der Waals surface area contributed by atoms with E-state index < -0.39 is 0 Å². The highest BCUT2D eigenvalue weighted by Crippen LogP contribution is 2.54. The SMILES string of the molecule is C#Cc1ccc(C#Cc2ccc3c(c2)C(CCCCCC)(CCCCCC)c2cc(C#Cc4ccc(C#C)cc4)ccc2-3)cc1. The van der Waals surface area contributed by atoms with E-state index in [2.05, 4.69) is 85.8 Å². The minimum atomic E-state index is -0.0373. The van der Waals surface area contributed by atoms with Gasteiger partial charge >= 0.3 is 0 Å². The van der Waals surface area contributed by atoms with Crippen molar-refractivity contribution in [3.63, 3.8) is 0 Å². The van der Waals surface area contributed by atoms with Gasteiger partial charge in [0.1, 0.15) is 0 Å². The zero-order valence-electron chi connectivity index (χ0n) is 26.8. The van der Waals surface area contributed by atoms with Crippen molar-refractivity contribution < 1.29 is 0 Å². The van der Waals surface area contributed by atoms with Crippen LogP contribution in [0.4, 0.5) is 0 Å². The molecular formula is C45H42. The number of hydrogen-bond acceptors (Lipinski definition) is 0. The summed E-state index contributed by atoms with van der Waals surface area (Å²) in [5.74, 6) is 19.0. The van der Waals surface area contributed by atoms with Crippen LogP contribution in [0.5, 0.6) is 0 Å². The Kier molecular flexibility index (Phi) is 10.7. The maximum atomic E-state index is 5.54. The van der Waals surface area contributed by atoms with Gasteiger partial charge in [0.05, 0.1) is 0 Å². The summed E-state index contributed by atoms with van der Waals surface area (Å²) in [5.41, 5.74) is 11.4. The van der Waals surface area contributed by atoms with Gasteiger partial charge in [-0.2, -0.15) is 0 Å². The molecule has 0 bridgehead atoms. The van der Waals surface area contributed by atoms with Crippen molar-refractivity contribution >= 4 is 0 Å². The van der Waals surface area contributed by atoms with Gasteiger partial charge in [0.25, 0.3) is 0 Å². The van der Waals surface area contributed by atoms with Gasteiger partial charge < -0.3 is 0 Å². The number of benzene rings is 4. The number of unbranched alkanes of at least 4 members (excludes halogenated alkanes) is 6. The van der Waals surface area contributed by atoms with Gasteiger partial charge in [-0.25, -0.2) is 0 Å². The number of rotatable bonds is 10. The summed E-state index contributed by atoms with van der Waals surface area (Å²) >= 11 is 0. The van der Waals surface area contributed by atoms with Crippen molar-refractivity contribution in [2.75, 3.05) is 0 Å². The zero-order valence-corrected chi connectivity index (χ0v) is 26.8. The van der Waals surface area contributed by atoms with Crippen LogP contribution in [0.2, 0.25) is 0 Å². The largest absolute Gasteiger partial charge is 0.115 e. The molecule has 0 aromatic heterocycles. The van der Waals surface area contributed by atoms with Crippen molar-refractivity contribution in [1.82, 2.24) is 0 Å². The molecule has 0 radical (unpaired) electrons. The van der Waals surface area contributed by atoms with Gasteiger partial charge in [-0.3, -0.25) is 0 Å². The van der Waals surface area contributed by atoms with E-state index >= 15 is 0 Å². The first-order valence-electron chi connectivity index (χ1n) is 16.6. The van der Waals surface area contributed by atoms with Gasteiger partial charge in [0.15, 0.2) is 0 Å². The minimum absolute atomic E-state index is 0.0373. The second-order valence-corrected chi connectivity index (χ2v) is 12.2. The first-order chi connectivity index (χ1) is 22.1. The van der Waals surface area contributed by atoms with Crippen LogP contribution >= 0.6 is 0 Å². The summed E-state index contributed by atoms with van der Waals surface area (Å²) in [6.07, 6.45) is 23.4. The van der Waals surface area contributed by atoms with Crippen molar-refractivity contribution in [2.24, 2.45) is 0 Å². The third-order valence-corrected chi connectivity index (χ3v) is 9.08. The molecule has 4 aromatic carbocycles. The molecule has 0 N–H and O–H groups in total. The first kappa shape index (κ1) is 31.5. The van der Waals surface area contributed by atoms with E-state index in [9.17, 15) is 0 Å². The lowest BCUT2D eigenvalue weighted by molar-refractivity contribution is 0.401. The van der Waals surface area contributed by atoms with E-state index in [4.69, 9.17) is 12.8 Å². The van der Waals surface area contributed by atoms with Crippen molar-refractivity contribution in [1.29, 1.82) is 0 Å². The molecule has 4 aromatic rings. The number of fused-ring (bicyclic) bond motifs is 3. The molecule has 45 heavy (non-hydrogen) atoms. The molecule has 0 unspecified atom stereocenters. The van der Waals surface area contributed by atoms with Crippen LogP contribution < -0.4 is 0 Å². The van der Waals surface area contributed by atoms with Crippen LogP contribution in [0.3, 0.4) is 0 Å². The Morgan fingerprint density at radius 1 is 0.444 bits per heavy atom. The quantitative estimate of drug-likeness (QED) is 0.129. The topological polar surface area (TPSA) is 0 Å². The van der Waals surface area contributed by atoms with Crippen LogP contribution in [0, 0.1) is 48.4 Å². The lowest BCUT2D eigenvalue weighted by atomic mass is 9.70.